The Morgan fingerprint density at radius 1 is 1.32 bits per heavy atom. The zero-order chi connectivity index (χ0) is 13.4. The van der Waals surface area contributed by atoms with Crippen LogP contribution in [0.15, 0.2) is 17.6 Å². The minimum absolute atomic E-state index is 0.610. The lowest BCUT2D eigenvalue weighted by molar-refractivity contribution is 0.756. The Kier molecular flexibility index (Phi) is 2.83. The van der Waals surface area contributed by atoms with Gasteiger partial charge in [-0.05, 0) is 18.4 Å². The van der Waals surface area contributed by atoms with E-state index in [1.54, 1.807) is 16.0 Å². The Hall–Kier alpha value is -2.15. The number of aromatic nitrogens is 4. The largest absolute Gasteiger partial charge is 0.357 e. The molecule has 0 aliphatic heterocycles. The highest BCUT2D eigenvalue weighted by molar-refractivity contribution is 7.16. The van der Waals surface area contributed by atoms with Crippen molar-refractivity contribution in [1.29, 1.82) is 0 Å². The molecule has 3 rings (SSSR count). The maximum atomic E-state index is 4.47. The number of rotatable bonds is 3. The lowest BCUT2D eigenvalue weighted by atomic mass is 10.3. The predicted octanol–water partition coefficient (Wildman–Crippen LogP) is 2.52. The number of thiophene rings is 1. The highest BCUT2D eigenvalue weighted by atomic mass is 32.1. The minimum Gasteiger partial charge on any atom is -0.357 e. The molecule has 0 spiro atoms. The highest BCUT2D eigenvalue weighted by Crippen LogP contribution is 2.29. The molecule has 6 nitrogen and oxygen atoms in total. The number of nitrogens with zero attached hydrogens (tertiary/aromatic N) is 4. The molecule has 0 unspecified atom stereocenters. The Morgan fingerprint density at radius 3 is 2.84 bits per heavy atom. The van der Waals surface area contributed by atoms with Gasteiger partial charge >= 0.3 is 0 Å². The Bertz CT molecular complexity index is 729. The molecule has 3 heterocycles. The van der Waals surface area contributed by atoms with Crippen LogP contribution in [0.3, 0.4) is 0 Å². The molecule has 19 heavy (non-hydrogen) atoms. The van der Waals surface area contributed by atoms with Crippen molar-refractivity contribution < 1.29 is 0 Å². The number of nitrogens with one attached hydrogen (secondary N) is 2. The summed E-state index contributed by atoms with van der Waals surface area (Å²) in [5.41, 5.74) is 1.89. The van der Waals surface area contributed by atoms with Crippen LogP contribution in [0, 0.1) is 6.92 Å². The lowest BCUT2D eigenvalue weighted by Crippen LogP contribution is -2.01. The van der Waals surface area contributed by atoms with E-state index >= 15 is 0 Å². The van der Waals surface area contributed by atoms with Crippen LogP contribution in [0.2, 0.25) is 0 Å². The number of anilines is 3. The van der Waals surface area contributed by atoms with Crippen molar-refractivity contribution >= 4 is 39.0 Å². The van der Waals surface area contributed by atoms with Crippen LogP contribution >= 0.6 is 11.3 Å². The van der Waals surface area contributed by atoms with Gasteiger partial charge in [-0.2, -0.15) is 10.1 Å². The smallest absolute Gasteiger partial charge is 0.225 e. The average Bonchev–Trinajstić information content (AvgIpc) is 2.96. The van der Waals surface area contributed by atoms with Gasteiger partial charge in [0.1, 0.15) is 10.6 Å². The lowest BCUT2D eigenvalue weighted by Gasteiger charge is -2.07. The summed E-state index contributed by atoms with van der Waals surface area (Å²) in [6.45, 7) is 1.97. The predicted molar refractivity (Wildman–Crippen MR) is 78.2 cm³/mol. The van der Waals surface area contributed by atoms with Gasteiger partial charge in [0, 0.05) is 20.3 Å². The summed E-state index contributed by atoms with van der Waals surface area (Å²) in [5.74, 6) is 1.41. The third kappa shape index (κ3) is 2.12. The second-order valence-corrected chi connectivity index (χ2v) is 5.11. The molecule has 0 atom stereocenters. The molecule has 0 aliphatic rings. The molecular formula is C12H14N6S. The van der Waals surface area contributed by atoms with Crippen molar-refractivity contribution in [2.45, 2.75) is 6.92 Å². The molecule has 98 valence electrons. The first kappa shape index (κ1) is 11.9. The zero-order valence-corrected chi connectivity index (χ0v) is 11.7. The molecule has 0 saturated carbocycles. The molecule has 3 aromatic heterocycles. The highest BCUT2D eigenvalue weighted by Gasteiger charge is 2.10. The van der Waals surface area contributed by atoms with Gasteiger partial charge in [-0.1, -0.05) is 0 Å². The summed E-state index contributed by atoms with van der Waals surface area (Å²) < 4.78 is 1.78. The zero-order valence-electron chi connectivity index (χ0n) is 10.9. The molecule has 7 heteroatoms. The Balaban J connectivity index is 2.08. The minimum atomic E-state index is 0.610. The van der Waals surface area contributed by atoms with Crippen LogP contribution in [0.1, 0.15) is 5.69 Å². The molecule has 0 radical (unpaired) electrons. The van der Waals surface area contributed by atoms with Crippen LogP contribution in [-0.2, 0) is 7.05 Å². The van der Waals surface area contributed by atoms with Crippen molar-refractivity contribution in [3.05, 3.63) is 23.3 Å². The number of fused-ring (bicyclic) bond motifs is 1. The molecule has 2 N–H and O–H groups in total. The monoisotopic (exact) mass is 274 g/mol. The molecule has 0 fully saturated rings. The van der Waals surface area contributed by atoms with Crippen LogP contribution in [-0.4, -0.2) is 26.8 Å². The van der Waals surface area contributed by atoms with Gasteiger partial charge in [-0.25, -0.2) is 4.98 Å². The number of hydrogen-bond donors (Lipinski definition) is 2. The van der Waals surface area contributed by atoms with E-state index in [0.717, 1.165) is 27.4 Å². The first-order valence-corrected chi connectivity index (χ1v) is 6.75. The topological polar surface area (TPSA) is 67.7 Å². The molecule has 0 saturated heterocycles. The van der Waals surface area contributed by atoms with Crippen LogP contribution < -0.4 is 10.6 Å². The third-order valence-corrected chi connectivity index (χ3v) is 3.62. The molecular weight excluding hydrogens is 260 g/mol. The summed E-state index contributed by atoms with van der Waals surface area (Å²) in [6, 6.07) is 2.02. The van der Waals surface area contributed by atoms with E-state index in [2.05, 4.69) is 25.7 Å². The van der Waals surface area contributed by atoms with E-state index in [1.807, 2.05) is 38.7 Å². The van der Waals surface area contributed by atoms with E-state index in [-0.39, 0.29) is 0 Å². The van der Waals surface area contributed by atoms with Crippen molar-refractivity contribution in [2.24, 2.45) is 7.05 Å². The van der Waals surface area contributed by atoms with E-state index < -0.39 is 0 Å². The maximum absolute atomic E-state index is 4.47. The average molecular weight is 274 g/mol. The first-order valence-electron chi connectivity index (χ1n) is 5.87. The summed E-state index contributed by atoms with van der Waals surface area (Å²) in [7, 11) is 3.71. The van der Waals surface area contributed by atoms with Crippen LogP contribution in [0.4, 0.5) is 17.5 Å². The van der Waals surface area contributed by atoms with Gasteiger partial charge < -0.3 is 10.6 Å². The summed E-state index contributed by atoms with van der Waals surface area (Å²) in [4.78, 5) is 9.85. The maximum Gasteiger partial charge on any atom is 0.225 e. The van der Waals surface area contributed by atoms with Crippen molar-refractivity contribution in [3.8, 4) is 0 Å². The molecule has 0 bridgehead atoms. The fraction of sp³-hybridized carbons (Fsp3) is 0.250. The van der Waals surface area contributed by atoms with Crippen LogP contribution in [0.25, 0.3) is 10.2 Å². The number of aryl methyl sites for hydroxylation is 2. The van der Waals surface area contributed by atoms with E-state index in [1.165, 1.54) is 0 Å². The first-order chi connectivity index (χ1) is 9.17. The summed E-state index contributed by atoms with van der Waals surface area (Å²) in [5, 5.41) is 13.7. The van der Waals surface area contributed by atoms with E-state index in [4.69, 9.17) is 0 Å². The molecule has 0 aliphatic carbocycles. The van der Waals surface area contributed by atoms with Gasteiger partial charge in [-0.15, -0.1) is 11.3 Å². The van der Waals surface area contributed by atoms with Gasteiger partial charge in [0.05, 0.1) is 16.8 Å². The SMILES string of the molecule is CNc1nc(Nc2cn(C)nc2C)c2ccsc2n1. The van der Waals surface area contributed by atoms with Crippen molar-refractivity contribution in [1.82, 2.24) is 19.7 Å². The van der Waals surface area contributed by atoms with Crippen LogP contribution in [0.5, 0.6) is 0 Å². The Morgan fingerprint density at radius 2 is 2.16 bits per heavy atom. The fourth-order valence-electron chi connectivity index (χ4n) is 1.91. The summed E-state index contributed by atoms with van der Waals surface area (Å²) in [6.07, 6.45) is 1.94. The number of hydrogen-bond acceptors (Lipinski definition) is 6. The van der Waals surface area contributed by atoms with Gasteiger partial charge in [-0.3, -0.25) is 4.68 Å². The normalized spacial score (nSPS) is 10.9. The third-order valence-electron chi connectivity index (χ3n) is 2.82. The van der Waals surface area contributed by atoms with Gasteiger partial charge in [0.25, 0.3) is 0 Å². The van der Waals surface area contributed by atoms with Gasteiger partial charge in [0.2, 0.25) is 5.95 Å². The molecule has 0 amide bonds. The molecule has 3 aromatic rings. The standard InChI is InChI=1S/C12H14N6S/c1-7-9(6-18(3)17-7)14-10-8-4-5-19-11(8)16-12(13-2)15-10/h4-6H,1-3H3,(H2,13,14,15,16). The van der Waals surface area contributed by atoms with E-state index in [9.17, 15) is 0 Å². The molecule has 0 aromatic carbocycles. The summed E-state index contributed by atoms with van der Waals surface area (Å²) >= 11 is 1.60. The van der Waals surface area contributed by atoms with Crippen molar-refractivity contribution in [2.75, 3.05) is 17.7 Å². The van der Waals surface area contributed by atoms with Gasteiger partial charge in [0.15, 0.2) is 0 Å². The fourth-order valence-corrected chi connectivity index (χ4v) is 2.68. The quantitative estimate of drug-likeness (QED) is 0.768. The second kappa shape index (κ2) is 4.51. The van der Waals surface area contributed by atoms with Crippen molar-refractivity contribution in [3.63, 3.8) is 0 Å². The Labute approximate surface area is 114 Å². The second-order valence-electron chi connectivity index (χ2n) is 4.21. The van der Waals surface area contributed by atoms with E-state index in [0.29, 0.717) is 5.95 Å².